The molecule has 0 saturated carbocycles. The lowest BCUT2D eigenvalue weighted by atomic mass is 9.79. The summed E-state index contributed by atoms with van der Waals surface area (Å²) < 4.78 is 0. The highest BCUT2D eigenvalue weighted by atomic mass is 16.1. The quantitative estimate of drug-likeness (QED) is 0.705. The number of rotatable bonds is 6. The Bertz CT molecular complexity index is 838. The first-order valence-electron chi connectivity index (χ1n) is 9.59. The molecule has 0 unspecified atom stereocenters. The van der Waals surface area contributed by atoms with Gasteiger partial charge in [-0.2, -0.15) is 5.26 Å². The first-order chi connectivity index (χ1) is 12.7. The smallest absolute Gasteiger partial charge is 0.251 e. The fourth-order valence-corrected chi connectivity index (χ4v) is 3.26. The first-order valence-corrected chi connectivity index (χ1v) is 9.59. The van der Waals surface area contributed by atoms with E-state index < -0.39 is 0 Å². The van der Waals surface area contributed by atoms with Crippen molar-refractivity contribution in [3.63, 3.8) is 0 Å². The summed E-state index contributed by atoms with van der Waals surface area (Å²) in [5, 5.41) is 11.4. The number of hydrogen-bond acceptors (Lipinski definition) is 2. The third-order valence-corrected chi connectivity index (χ3v) is 4.67. The summed E-state index contributed by atoms with van der Waals surface area (Å²) in [6.45, 7) is 11.6. The maximum absolute atomic E-state index is 12.2. The van der Waals surface area contributed by atoms with Gasteiger partial charge in [0.15, 0.2) is 0 Å². The monoisotopic (exact) mass is 362 g/mol. The number of carbonyl (C=O) groups excluding carboxylic acids is 1. The van der Waals surface area contributed by atoms with Crippen LogP contribution in [0.5, 0.6) is 0 Å². The molecular weight excluding hydrogens is 332 g/mol. The number of carbonyl (C=O) groups is 1. The van der Waals surface area contributed by atoms with E-state index in [1.807, 2.05) is 24.3 Å². The van der Waals surface area contributed by atoms with Crippen LogP contribution in [0.25, 0.3) is 0 Å². The molecule has 0 spiro atoms. The van der Waals surface area contributed by atoms with E-state index in [-0.39, 0.29) is 11.3 Å². The van der Waals surface area contributed by atoms with Crippen LogP contribution in [0.4, 0.5) is 0 Å². The number of benzene rings is 2. The normalized spacial score (nSPS) is 11.3. The molecule has 1 amide bonds. The highest BCUT2D eigenvalue weighted by Crippen LogP contribution is 2.32. The second-order valence-corrected chi connectivity index (χ2v) is 8.37. The molecule has 0 aliphatic heterocycles. The van der Waals surface area contributed by atoms with Crippen LogP contribution in [0.1, 0.15) is 79.6 Å². The maximum atomic E-state index is 12.2. The number of hydrogen-bond donors (Lipinski definition) is 1. The van der Waals surface area contributed by atoms with Crippen molar-refractivity contribution in [1.29, 1.82) is 5.26 Å². The fourth-order valence-electron chi connectivity index (χ4n) is 3.26. The van der Waals surface area contributed by atoms with Crippen molar-refractivity contribution < 1.29 is 4.79 Å². The van der Waals surface area contributed by atoms with Crippen molar-refractivity contribution in [3.05, 3.63) is 70.3 Å². The molecule has 0 atom stereocenters. The van der Waals surface area contributed by atoms with E-state index in [2.05, 4.69) is 64.2 Å². The molecule has 0 saturated heterocycles. The van der Waals surface area contributed by atoms with Crippen molar-refractivity contribution >= 4 is 5.91 Å². The zero-order valence-corrected chi connectivity index (χ0v) is 17.1. The van der Waals surface area contributed by atoms with Gasteiger partial charge in [-0.25, -0.2) is 0 Å². The SMILES string of the molecule is CC(C)c1ccc(Cc2cccc(C(=O)NCCC#N)c2)cc1C(C)(C)C. The van der Waals surface area contributed by atoms with E-state index >= 15 is 0 Å². The summed E-state index contributed by atoms with van der Waals surface area (Å²) in [7, 11) is 0. The van der Waals surface area contributed by atoms with Crippen LogP contribution in [-0.4, -0.2) is 12.5 Å². The molecule has 3 heteroatoms. The average Bonchev–Trinajstić information content (AvgIpc) is 2.61. The lowest BCUT2D eigenvalue weighted by Crippen LogP contribution is -2.24. The van der Waals surface area contributed by atoms with Crippen molar-refractivity contribution in [3.8, 4) is 6.07 Å². The molecule has 3 nitrogen and oxygen atoms in total. The number of nitrogens with one attached hydrogen (secondary N) is 1. The van der Waals surface area contributed by atoms with E-state index in [4.69, 9.17) is 5.26 Å². The van der Waals surface area contributed by atoms with Crippen LogP contribution in [0.15, 0.2) is 42.5 Å². The average molecular weight is 363 g/mol. The zero-order chi connectivity index (χ0) is 20.0. The molecule has 142 valence electrons. The van der Waals surface area contributed by atoms with Crippen molar-refractivity contribution in [2.75, 3.05) is 6.54 Å². The van der Waals surface area contributed by atoms with E-state index in [1.54, 1.807) is 0 Å². The lowest BCUT2D eigenvalue weighted by Gasteiger charge is -2.26. The van der Waals surface area contributed by atoms with Crippen LogP contribution < -0.4 is 5.32 Å². The highest BCUT2D eigenvalue weighted by molar-refractivity contribution is 5.94. The summed E-state index contributed by atoms with van der Waals surface area (Å²) in [5.41, 5.74) is 5.89. The fraction of sp³-hybridized carbons (Fsp3) is 0.417. The highest BCUT2D eigenvalue weighted by Gasteiger charge is 2.20. The van der Waals surface area contributed by atoms with Gasteiger partial charge >= 0.3 is 0 Å². The van der Waals surface area contributed by atoms with Gasteiger partial charge in [0.25, 0.3) is 5.91 Å². The Morgan fingerprint density at radius 1 is 1.11 bits per heavy atom. The number of nitrogens with zero attached hydrogens (tertiary/aromatic N) is 1. The van der Waals surface area contributed by atoms with Gasteiger partial charge in [-0.15, -0.1) is 0 Å². The van der Waals surface area contributed by atoms with Gasteiger partial charge in [0.05, 0.1) is 12.5 Å². The van der Waals surface area contributed by atoms with Gasteiger partial charge in [0.2, 0.25) is 0 Å². The van der Waals surface area contributed by atoms with Gasteiger partial charge in [-0.3, -0.25) is 4.79 Å². The predicted molar refractivity (Wildman–Crippen MR) is 111 cm³/mol. The molecule has 0 heterocycles. The van der Waals surface area contributed by atoms with Crippen LogP contribution in [0.2, 0.25) is 0 Å². The molecule has 0 aliphatic carbocycles. The van der Waals surface area contributed by atoms with Gasteiger partial charge in [0.1, 0.15) is 0 Å². The summed E-state index contributed by atoms with van der Waals surface area (Å²) in [6, 6.07) is 16.5. The lowest BCUT2D eigenvalue weighted by molar-refractivity contribution is 0.0954. The molecular formula is C24H30N2O. The number of amides is 1. The predicted octanol–water partition coefficient (Wildman–Crippen LogP) is 5.34. The summed E-state index contributed by atoms with van der Waals surface area (Å²) in [6.07, 6.45) is 1.12. The van der Waals surface area contributed by atoms with Crippen LogP contribution in [0.3, 0.4) is 0 Å². The zero-order valence-electron chi connectivity index (χ0n) is 17.1. The van der Waals surface area contributed by atoms with Crippen LogP contribution >= 0.6 is 0 Å². The first kappa shape index (κ1) is 20.7. The topological polar surface area (TPSA) is 52.9 Å². The van der Waals surface area contributed by atoms with Gasteiger partial charge < -0.3 is 5.32 Å². The Morgan fingerprint density at radius 3 is 2.44 bits per heavy atom. The van der Waals surface area contributed by atoms with Gasteiger partial charge in [-0.1, -0.05) is 65.0 Å². The number of nitriles is 1. The second-order valence-electron chi connectivity index (χ2n) is 8.37. The molecule has 0 aromatic heterocycles. The largest absolute Gasteiger partial charge is 0.351 e. The van der Waals surface area contributed by atoms with Crippen molar-refractivity contribution in [2.24, 2.45) is 0 Å². The van der Waals surface area contributed by atoms with E-state index in [0.717, 1.165) is 12.0 Å². The summed E-state index contributed by atoms with van der Waals surface area (Å²) >= 11 is 0. The molecule has 0 bridgehead atoms. The van der Waals surface area contributed by atoms with Crippen LogP contribution in [-0.2, 0) is 11.8 Å². The molecule has 2 aromatic carbocycles. The van der Waals surface area contributed by atoms with Crippen molar-refractivity contribution in [2.45, 2.75) is 58.8 Å². The molecule has 1 N–H and O–H groups in total. The molecule has 0 aliphatic rings. The minimum Gasteiger partial charge on any atom is -0.351 e. The third-order valence-electron chi connectivity index (χ3n) is 4.67. The third kappa shape index (κ3) is 5.69. The minimum absolute atomic E-state index is 0.0953. The van der Waals surface area contributed by atoms with E-state index in [1.165, 1.54) is 16.7 Å². The summed E-state index contributed by atoms with van der Waals surface area (Å²) in [5.74, 6) is 0.367. The standard InChI is InChI=1S/C24H30N2O/c1-17(2)21-11-10-19(16-22(21)24(3,4)5)14-18-8-6-9-20(15-18)23(27)26-13-7-12-25/h6,8-11,15-17H,7,13-14H2,1-5H3,(H,26,27). The maximum Gasteiger partial charge on any atom is 0.251 e. The Labute approximate surface area is 163 Å². The molecule has 2 rings (SSSR count). The van der Waals surface area contributed by atoms with Crippen molar-refractivity contribution in [1.82, 2.24) is 5.32 Å². The minimum atomic E-state index is -0.127. The van der Waals surface area contributed by atoms with E-state index in [0.29, 0.717) is 24.4 Å². The molecule has 0 fully saturated rings. The molecule has 2 aromatic rings. The Hall–Kier alpha value is -2.60. The Kier molecular flexibility index (Phi) is 6.80. The van der Waals surface area contributed by atoms with E-state index in [9.17, 15) is 4.79 Å². The van der Waals surface area contributed by atoms with Crippen LogP contribution in [0, 0.1) is 11.3 Å². The van der Waals surface area contributed by atoms with Gasteiger partial charge in [-0.05, 0) is 52.1 Å². The molecule has 27 heavy (non-hydrogen) atoms. The Morgan fingerprint density at radius 2 is 1.81 bits per heavy atom. The molecule has 0 radical (unpaired) electrons. The summed E-state index contributed by atoms with van der Waals surface area (Å²) in [4.78, 5) is 12.2. The van der Waals surface area contributed by atoms with Gasteiger partial charge in [0, 0.05) is 12.1 Å². The Balaban J connectivity index is 2.24. The second kappa shape index (κ2) is 8.86.